The minimum absolute atomic E-state index is 0.0493. The monoisotopic (exact) mass is 829 g/mol. The largest absolute Gasteiger partial charge is 0.480 e. The van der Waals surface area contributed by atoms with E-state index in [4.69, 9.17) is 21.3 Å². The molecule has 0 radical (unpaired) electrons. The molecule has 2 atom stereocenters. The van der Waals surface area contributed by atoms with Gasteiger partial charge in [-0.15, -0.1) is 0 Å². The number of nitrogens with one attached hydrogen (secondary N) is 3. The number of fused-ring (bicyclic) bond motifs is 3. The zero-order chi connectivity index (χ0) is 41.0. The predicted molar refractivity (Wildman–Crippen MR) is 219 cm³/mol. The van der Waals surface area contributed by atoms with Gasteiger partial charge in [-0.3, -0.25) is 29.4 Å². The first-order chi connectivity index (χ1) is 28.4. The van der Waals surface area contributed by atoms with Crippen LogP contribution < -0.4 is 31.1 Å². The second-order valence-corrected chi connectivity index (χ2v) is 16.9. The summed E-state index contributed by atoms with van der Waals surface area (Å²) < 4.78 is 37.2. The number of amides is 3. The van der Waals surface area contributed by atoms with Crippen LogP contribution in [0, 0.1) is 11.8 Å². The molecule has 2 unspecified atom stereocenters. The summed E-state index contributed by atoms with van der Waals surface area (Å²) in [6, 6.07) is 11.4. The van der Waals surface area contributed by atoms with Crippen LogP contribution in [0.4, 0.5) is 31.9 Å². The van der Waals surface area contributed by atoms with Crippen molar-refractivity contribution in [1.29, 1.82) is 0 Å². The van der Waals surface area contributed by atoms with Crippen molar-refractivity contribution >= 4 is 63.4 Å². The van der Waals surface area contributed by atoms with E-state index in [1.165, 1.54) is 4.57 Å². The molecule has 4 aliphatic heterocycles. The Balaban J connectivity index is 0.809. The summed E-state index contributed by atoms with van der Waals surface area (Å²) in [7, 11) is 1.60. The molecule has 9 rings (SSSR count). The van der Waals surface area contributed by atoms with Gasteiger partial charge in [0.05, 0.1) is 29.4 Å². The topological polar surface area (TPSA) is 154 Å². The average molecular weight is 830 g/mol. The number of imide groups is 1. The fraction of sp³-hybridized carbons (Fsp3) is 0.476. The van der Waals surface area contributed by atoms with Crippen LogP contribution in [0.15, 0.2) is 53.5 Å². The summed E-state index contributed by atoms with van der Waals surface area (Å²) in [5, 5.41) is 9.59. The molecule has 4 aromatic rings. The lowest BCUT2D eigenvalue weighted by Crippen LogP contribution is -2.50. The molecule has 3 N–H and O–H groups in total. The van der Waals surface area contributed by atoms with Crippen LogP contribution in [0.25, 0.3) is 10.9 Å². The zero-order valence-corrected chi connectivity index (χ0v) is 33.4. The number of nitrogens with zero attached hydrogens (tertiary/aromatic N) is 6. The first kappa shape index (κ1) is 39.1. The van der Waals surface area contributed by atoms with Crippen molar-refractivity contribution in [2.45, 2.75) is 56.4 Å². The molecule has 59 heavy (non-hydrogen) atoms. The van der Waals surface area contributed by atoms with E-state index in [9.17, 15) is 19.2 Å². The van der Waals surface area contributed by atoms with E-state index >= 15 is 8.78 Å². The maximum absolute atomic E-state index is 15.1. The van der Waals surface area contributed by atoms with Crippen LogP contribution in [-0.2, 0) is 16.6 Å². The number of anilines is 4. The van der Waals surface area contributed by atoms with E-state index in [2.05, 4.69) is 30.7 Å². The number of pyridine rings is 1. The van der Waals surface area contributed by atoms with Gasteiger partial charge < -0.3 is 29.7 Å². The second kappa shape index (κ2) is 15.7. The molecule has 3 saturated heterocycles. The van der Waals surface area contributed by atoms with Gasteiger partial charge in [-0.2, -0.15) is 4.98 Å². The maximum Gasteiger partial charge on any atom is 0.301 e. The summed E-state index contributed by atoms with van der Waals surface area (Å²) in [6.07, 6.45) is 5.59. The SMILES string of the molecule is Cn1c(=O)c2c(c3cc(Nc4nc(N5CCC(CN6CCN(C(=O)c7cccc(C8CCC(=O)NC8=O)c7)CC6)CC5)ncc4Cl)ccc31)NC(C1CC1)C(F)(F)CO2. The van der Waals surface area contributed by atoms with Crippen molar-refractivity contribution in [2.75, 3.05) is 68.0 Å². The first-order valence-electron chi connectivity index (χ1n) is 20.4. The number of hydrogen-bond acceptors (Lipinski definition) is 11. The highest BCUT2D eigenvalue weighted by atomic mass is 35.5. The van der Waals surface area contributed by atoms with E-state index in [0.717, 1.165) is 51.1 Å². The molecular formula is C42H46ClF2N9O5. The number of halogens is 3. The maximum atomic E-state index is 15.1. The minimum Gasteiger partial charge on any atom is -0.480 e. The number of piperidine rings is 2. The third-order valence-electron chi connectivity index (χ3n) is 12.5. The number of piperazine rings is 1. The highest BCUT2D eigenvalue weighted by Gasteiger charge is 2.51. The van der Waals surface area contributed by atoms with Crippen molar-refractivity contribution < 1.29 is 27.9 Å². The Morgan fingerprint density at radius 1 is 1.00 bits per heavy atom. The summed E-state index contributed by atoms with van der Waals surface area (Å²) >= 11 is 6.60. The van der Waals surface area contributed by atoms with Crippen molar-refractivity contribution in [2.24, 2.45) is 18.9 Å². The molecule has 1 saturated carbocycles. The fourth-order valence-corrected chi connectivity index (χ4v) is 9.06. The summed E-state index contributed by atoms with van der Waals surface area (Å²) in [4.78, 5) is 66.5. The number of hydrogen-bond donors (Lipinski definition) is 3. The number of rotatable bonds is 8. The number of carbonyl (C=O) groups excluding carboxylic acids is 3. The Hall–Kier alpha value is -5.35. The van der Waals surface area contributed by atoms with Crippen LogP contribution in [0.3, 0.4) is 0 Å². The Morgan fingerprint density at radius 3 is 2.53 bits per heavy atom. The number of carbonyl (C=O) groups is 3. The lowest BCUT2D eigenvalue weighted by Gasteiger charge is -2.39. The summed E-state index contributed by atoms with van der Waals surface area (Å²) in [5.41, 5.74) is 2.26. The lowest BCUT2D eigenvalue weighted by atomic mass is 9.89. The fourth-order valence-electron chi connectivity index (χ4n) is 8.92. The average Bonchev–Trinajstić information content (AvgIpc) is 4.09. The van der Waals surface area contributed by atoms with Crippen LogP contribution in [-0.4, -0.2) is 106 Å². The van der Waals surface area contributed by atoms with Gasteiger partial charge in [0.15, 0.2) is 12.4 Å². The van der Waals surface area contributed by atoms with E-state index < -0.39 is 30.0 Å². The predicted octanol–water partition coefficient (Wildman–Crippen LogP) is 5.14. The third kappa shape index (κ3) is 7.91. The van der Waals surface area contributed by atoms with Gasteiger partial charge in [0.25, 0.3) is 11.5 Å². The molecule has 2 aromatic carbocycles. The number of ether oxygens (including phenoxy) is 1. The molecular weight excluding hydrogens is 784 g/mol. The molecule has 0 spiro atoms. The van der Waals surface area contributed by atoms with Crippen molar-refractivity contribution in [1.82, 2.24) is 29.7 Å². The van der Waals surface area contributed by atoms with Crippen LogP contribution in [0.2, 0.25) is 5.02 Å². The molecule has 17 heteroatoms. The molecule has 6 heterocycles. The molecule has 1 aliphatic carbocycles. The van der Waals surface area contributed by atoms with Crippen LogP contribution in [0.1, 0.15) is 60.4 Å². The van der Waals surface area contributed by atoms with Crippen molar-refractivity contribution in [3.63, 3.8) is 0 Å². The summed E-state index contributed by atoms with van der Waals surface area (Å²) in [5.74, 6) is -3.08. The highest BCUT2D eigenvalue weighted by molar-refractivity contribution is 6.33. The normalized spacial score (nSPS) is 22.6. The van der Waals surface area contributed by atoms with Gasteiger partial charge >= 0.3 is 5.92 Å². The smallest absolute Gasteiger partial charge is 0.301 e. The lowest BCUT2D eigenvalue weighted by molar-refractivity contribution is -0.134. The van der Waals surface area contributed by atoms with Crippen molar-refractivity contribution in [3.05, 3.63) is 75.2 Å². The third-order valence-corrected chi connectivity index (χ3v) is 12.7. The van der Waals surface area contributed by atoms with Gasteiger partial charge in [-0.05, 0) is 79.8 Å². The molecule has 14 nitrogen and oxygen atoms in total. The van der Waals surface area contributed by atoms with E-state index in [1.54, 1.807) is 49.6 Å². The van der Waals surface area contributed by atoms with Gasteiger partial charge in [0.1, 0.15) is 5.02 Å². The summed E-state index contributed by atoms with van der Waals surface area (Å²) in [6.45, 7) is 4.39. The number of aromatic nitrogens is 3. The van der Waals surface area contributed by atoms with E-state index in [-0.39, 0.29) is 41.5 Å². The molecule has 2 aromatic heterocycles. The quantitative estimate of drug-likeness (QED) is 0.203. The van der Waals surface area contributed by atoms with Crippen LogP contribution in [0.5, 0.6) is 5.75 Å². The molecule has 3 amide bonds. The molecule has 0 bridgehead atoms. The number of aryl methyl sites for hydroxylation is 1. The molecule has 4 fully saturated rings. The Kier molecular flexibility index (Phi) is 10.4. The van der Waals surface area contributed by atoms with Crippen LogP contribution >= 0.6 is 11.6 Å². The number of benzene rings is 2. The molecule has 310 valence electrons. The Morgan fingerprint density at radius 2 is 1.78 bits per heavy atom. The second-order valence-electron chi connectivity index (χ2n) is 16.5. The van der Waals surface area contributed by atoms with E-state index in [1.807, 2.05) is 11.0 Å². The van der Waals surface area contributed by atoms with Gasteiger partial charge in [0.2, 0.25) is 23.5 Å². The van der Waals surface area contributed by atoms with Crippen molar-refractivity contribution in [3.8, 4) is 5.75 Å². The van der Waals surface area contributed by atoms with Gasteiger partial charge in [0, 0.05) is 75.9 Å². The highest BCUT2D eigenvalue weighted by Crippen LogP contribution is 2.46. The Bertz CT molecular complexity index is 2380. The van der Waals surface area contributed by atoms with Gasteiger partial charge in [-0.25, -0.2) is 13.8 Å². The van der Waals surface area contributed by atoms with E-state index in [0.29, 0.717) is 77.2 Å². The molecule has 5 aliphatic rings. The standard InChI is InChI=1S/C42H46ClF2N9O5/c1-51-32-9-7-28(20-30(32)34-35(40(51)58)59-23-42(44,45)36(49-34)25-5-6-25)47-37-31(43)21-46-41(50-37)54-13-11-24(12-14-54)22-52-15-17-53(18-16-52)39(57)27-4-2-3-26(19-27)29-8-10-33(55)48-38(29)56/h2-4,7,9,19-21,24-25,29,36,49H,5-6,8,10-18,22-23H2,1H3,(H,46,47,50)(H,48,55,56). The Labute approximate surface area is 344 Å². The minimum atomic E-state index is -3.14. The van der Waals surface area contributed by atoms with Gasteiger partial charge in [-0.1, -0.05) is 23.7 Å². The first-order valence-corrected chi connectivity index (χ1v) is 20.7. The zero-order valence-electron chi connectivity index (χ0n) is 32.7. The number of alkyl halides is 2.